The van der Waals surface area contributed by atoms with Crippen LogP contribution in [0, 0.1) is 13.8 Å². The minimum atomic E-state index is -0.420. The largest absolute Gasteiger partial charge is 0.465 e. The second-order valence-corrected chi connectivity index (χ2v) is 8.44. The zero-order valence-corrected chi connectivity index (χ0v) is 17.6. The summed E-state index contributed by atoms with van der Waals surface area (Å²) in [5.41, 5.74) is 2.92. The van der Waals surface area contributed by atoms with E-state index >= 15 is 0 Å². The smallest absolute Gasteiger partial charge is 0.337 e. The van der Waals surface area contributed by atoms with E-state index in [0.29, 0.717) is 16.4 Å². The normalized spacial score (nSPS) is 11.1. The molecule has 0 radical (unpaired) electrons. The summed E-state index contributed by atoms with van der Waals surface area (Å²) in [7, 11) is 1.32. The summed E-state index contributed by atoms with van der Waals surface area (Å²) < 4.78 is 6.47. The number of amides is 1. The monoisotopic (exact) mass is 427 g/mol. The summed E-state index contributed by atoms with van der Waals surface area (Å²) in [5, 5.41) is 12.9. The first-order valence-corrected chi connectivity index (χ1v) is 10.5. The Morgan fingerprint density at radius 2 is 1.97 bits per heavy atom. The van der Waals surface area contributed by atoms with Crippen molar-refractivity contribution in [1.82, 2.24) is 19.6 Å². The van der Waals surface area contributed by atoms with Crippen LogP contribution in [-0.2, 0) is 9.53 Å². The molecule has 0 atom stereocenters. The van der Waals surface area contributed by atoms with Gasteiger partial charge in [0.15, 0.2) is 10.8 Å². The minimum Gasteiger partial charge on any atom is -0.465 e. The van der Waals surface area contributed by atoms with E-state index in [1.54, 1.807) is 41.9 Å². The van der Waals surface area contributed by atoms with Crippen LogP contribution in [0.5, 0.6) is 0 Å². The van der Waals surface area contributed by atoms with Gasteiger partial charge in [0.25, 0.3) is 0 Å². The Hall–Kier alpha value is -2.98. The molecule has 4 aromatic rings. The third kappa shape index (κ3) is 3.68. The van der Waals surface area contributed by atoms with Crippen LogP contribution in [0.15, 0.2) is 35.7 Å². The fraction of sp³-hybridized carbons (Fsp3) is 0.211. The number of hydrogen-bond acceptors (Lipinski definition) is 8. The molecule has 148 valence electrons. The van der Waals surface area contributed by atoms with Gasteiger partial charge in [-0.3, -0.25) is 9.20 Å². The molecule has 0 fully saturated rings. The van der Waals surface area contributed by atoms with Crippen molar-refractivity contribution in [1.29, 1.82) is 0 Å². The lowest BCUT2D eigenvalue weighted by molar-refractivity contribution is -0.113. The molecule has 3 aromatic heterocycles. The zero-order valence-electron chi connectivity index (χ0n) is 15.9. The molecule has 0 aliphatic heterocycles. The first kappa shape index (κ1) is 19.3. The SMILES string of the molecule is COC(=O)c1ccc(NC(=O)CSc2nnc3c4c(C)c(C)sc4ncn23)cc1. The average Bonchev–Trinajstić information content (AvgIpc) is 3.26. The predicted molar refractivity (Wildman–Crippen MR) is 113 cm³/mol. The van der Waals surface area contributed by atoms with Crippen LogP contribution < -0.4 is 5.32 Å². The van der Waals surface area contributed by atoms with Crippen molar-refractivity contribution in [3.05, 3.63) is 46.6 Å². The summed E-state index contributed by atoms with van der Waals surface area (Å²) in [6.45, 7) is 4.11. The number of methoxy groups -OCH3 is 1. The second-order valence-electron chi connectivity index (χ2n) is 6.29. The topological polar surface area (TPSA) is 98.5 Å². The van der Waals surface area contributed by atoms with Crippen molar-refractivity contribution in [2.45, 2.75) is 19.0 Å². The van der Waals surface area contributed by atoms with Crippen LogP contribution in [0.4, 0.5) is 5.69 Å². The third-order valence-corrected chi connectivity index (χ3v) is 6.53. The zero-order chi connectivity index (χ0) is 20.5. The molecule has 0 spiro atoms. The van der Waals surface area contributed by atoms with Crippen molar-refractivity contribution in [3.63, 3.8) is 0 Å². The Kier molecular flexibility index (Phi) is 5.20. The highest BCUT2D eigenvalue weighted by atomic mass is 32.2. The van der Waals surface area contributed by atoms with Crippen LogP contribution in [0.2, 0.25) is 0 Å². The number of aromatic nitrogens is 4. The summed E-state index contributed by atoms with van der Waals surface area (Å²) in [5.74, 6) is -0.441. The number of esters is 1. The Bertz CT molecular complexity index is 1230. The van der Waals surface area contributed by atoms with Crippen molar-refractivity contribution >= 4 is 56.5 Å². The van der Waals surface area contributed by atoms with Gasteiger partial charge in [0.2, 0.25) is 5.91 Å². The first-order chi connectivity index (χ1) is 14.0. The van der Waals surface area contributed by atoms with E-state index in [9.17, 15) is 9.59 Å². The van der Waals surface area contributed by atoms with Gasteiger partial charge in [-0.2, -0.15) is 0 Å². The van der Waals surface area contributed by atoms with Gasteiger partial charge < -0.3 is 10.1 Å². The second kappa shape index (κ2) is 7.80. The van der Waals surface area contributed by atoms with Gasteiger partial charge in [0, 0.05) is 10.6 Å². The van der Waals surface area contributed by atoms with Crippen LogP contribution in [0.1, 0.15) is 20.8 Å². The highest BCUT2D eigenvalue weighted by molar-refractivity contribution is 7.99. The Balaban J connectivity index is 1.46. The minimum absolute atomic E-state index is 0.166. The quantitative estimate of drug-likeness (QED) is 0.385. The van der Waals surface area contributed by atoms with E-state index in [2.05, 4.69) is 39.1 Å². The molecule has 0 aliphatic rings. The van der Waals surface area contributed by atoms with E-state index in [1.807, 2.05) is 4.40 Å². The molecule has 8 nitrogen and oxygen atoms in total. The number of fused-ring (bicyclic) bond motifs is 3. The van der Waals surface area contributed by atoms with Gasteiger partial charge in [-0.1, -0.05) is 11.8 Å². The molecule has 0 bridgehead atoms. The summed E-state index contributed by atoms with van der Waals surface area (Å²) in [6.07, 6.45) is 1.69. The molecule has 0 aliphatic carbocycles. The molecule has 4 rings (SSSR count). The van der Waals surface area contributed by atoms with Gasteiger partial charge in [0.05, 0.1) is 23.8 Å². The van der Waals surface area contributed by atoms with Gasteiger partial charge in [-0.25, -0.2) is 9.78 Å². The molecule has 29 heavy (non-hydrogen) atoms. The number of anilines is 1. The van der Waals surface area contributed by atoms with E-state index in [4.69, 9.17) is 0 Å². The molecule has 1 amide bonds. The maximum Gasteiger partial charge on any atom is 0.337 e. The van der Waals surface area contributed by atoms with Gasteiger partial charge >= 0.3 is 5.97 Å². The van der Waals surface area contributed by atoms with Crippen LogP contribution in [-0.4, -0.2) is 44.3 Å². The number of carbonyl (C=O) groups excluding carboxylic acids is 2. The van der Waals surface area contributed by atoms with Gasteiger partial charge in [0.1, 0.15) is 11.2 Å². The summed E-state index contributed by atoms with van der Waals surface area (Å²) in [4.78, 5) is 30.4. The van der Waals surface area contributed by atoms with Crippen molar-refractivity contribution < 1.29 is 14.3 Å². The van der Waals surface area contributed by atoms with E-state index in [1.165, 1.54) is 23.7 Å². The maximum atomic E-state index is 12.3. The highest BCUT2D eigenvalue weighted by Gasteiger charge is 2.16. The number of carbonyl (C=O) groups is 2. The molecule has 0 saturated heterocycles. The number of ether oxygens (including phenoxy) is 1. The predicted octanol–water partition coefficient (Wildman–Crippen LogP) is 3.47. The number of aryl methyl sites for hydroxylation is 2. The number of rotatable bonds is 5. The Labute approximate surface area is 174 Å². The van der Waals surface area contributed by atoms with E-state index in [-0.39, 0.29) is 11.7 Å². The third-order valence-electron chi connectivity index (χ3n) is 4.47. The molecule has 1 aromatic carbocycles. The van der Waals surface area contributed by atoms with Gasteiger partial charge in [-0.05, 0) is 43.7 Å². The standard InChI is InChI=1S/C19H17N5O3S2/c1-10-11(2)29-17-15(10)16-22-23-19(24(16)9-20-17)28-8-14(25)21-13-6-4-12(5-7-13)18(26)27-3/h4-7,9H,8H2,1-3H3,(H,21,25). The highest BCUT2D eigenvalue weighted by Crippen LogP contribution is 2.32. The number of nitrogens with one attached hydrogen (secondary N) is 1. The number of thiophene rings is 1. The number of nitrogens with zero attached hydrogens (tertiary/aromatic N) is 4. The van der Waals surface area contributed by atoms with Crippen molar-refractivity contribution in [3.8, 4) is 0 Å². The van der Waals surface area contributed by atoms with Gasteiger partial charge in [-0.15, -0.1) is 21.5 Å². The fourth-order valence-electron chi connectivity index (χ4n) is 2.86. The molecular weight excluding hydrogens is 410 g/mol. The molecule has 0 saturated carbocycles. The van der Waals surface area contributed by atoms with Crippen LogP contribution >= 0.6 is 23.1 Å². The fourth-order valence-corrected chi connectivity index (χ4v) is 4.55. The van der Waals surface area contributed by atoms with Crippen molar-refractivity contribution in [2.75, 3.05) is 18.2 Å². The van der Waals surface area contributed by atoms with E-state index in [0.717, 1.165) is 21.4 Å². The lowest BCUT2D eigenvalue weighted by Gasteiger charge is -2.05. The Morgan fingerprint density at radius 1 is 1.21 bits per heavy atom. The van der Waals surface area contributed by atoms with Crippen LogP contribution in [0.25, 0.3) is 15.9 Å². The van der Waals surface area contributed by atoms with E-state index < -0.39 is 5.97 Å². The van der Waals surface area contributed by atoms with Crippen molar-refractivity contribution in [2.24, 2.45) is 0 Å². The lowest BCUT2D eigenvalue weighted by atomic mass is 10.2. The Morgan fingerprint density at radius 3 is 2.69 bits per heavy atom. The molecule has 3 heterocycles. The summed E-state index contributed by atoms with van der Waals surface area (Å²) in [6, 6.07) is 6.51. The average molecular weight is 428 g/mol. The molecular formula is C19H17N5O3S2. The molecule has 10 heteroatoms. The summed E-state index contributed by atoms with van der Waals surface area (Å²) >= 11 is 2.92. The molecule has 0 unspecified atom stereocenters. The first-order valence-electron chi connectivity index (χ1n) is 8.68. The lowest BCUT2D eigenvalue weighted by Crippen LogP contribution is -2.14. The maximum absolute atomic E-state index is 12.3. The molecule has 1 N–H and O–H groups in total. The number of thioether (sulfide) groups is 1. The number of benzene rings is 1. The number of hydrogen-bond donors (Lipinski definition) is 1. The van der Waals surface area contributed by atoms with Crippen LogP contribution in [0.3, 0.4) is 0 Å².